The van der Waals surface area contributed by atoms with E-state index in [4.69, 9.17) is 14.2 Å². The standard InChI is InChI=1S/C20H25F2N3O4.HI/c1-5-23-20(25-14-7-9-15(26-2)17(11-14)28-4)24-12-13-6-8-16(27-3)18(10-13)29-19(21)22;/h6-11,19H,5,12H2,1-4H3,(H2,23,24,25);1H. The number of halogens is 3. The van der Waals surface area contributed by atoms with Crippen LogP contribution in [0.2, 0.25) is 0 Å². The summed E-state index contributed by atoms with van der Waals surface area (Å²) in [6.45, 7) is -0.117. The van der Waals surface area contributed by atoms with Gasteiger partial charge in [-0.15, -0.1) is 24.0 Å². The molecule has 166 valence electrons. The van der Waals surface area contributed by atoms with Crippen LogP contribution in [-0.2, 0) is 6.54 Å². The number of nitrogens with one attached hydrogen (secondary N) is 2. The molecule has 0 aromatic heterocycles. The smallest absolute Gasteiger partial charge is 0.387 e. The zero-order valence-electron chi connectivity index (χ0n) is 17.2. The third-order valence-corrected chi connectivity index (χ3v) is 3.85. The summed E-state index contributed by atoms with van der Waals surface area (Å²) in [7, 11) is 4.52. The minimum Gasteiger partial charge on any atom is -0.493 e. The number of nitrogens with zero attached hydrogens (tertiary/aromatic N) is 1. The maximum absolute atomic E-state index is 12.6. The predicted molar refractivity (Wildman–Crippen MR) is 123 cm³/mol. The molecule has 0 radical (unpaired) electrons. The molecule has 0 spiro atoms. The van der Waals surface area contributed by atoms with Crippen LogP contribution in [-0.4, -0.2) is 40.4 Å². The number of anilines is 1. The Balaban J connectivity index is 0.00000450. The second-order valence-corrected chi connectivity index (χ2v) is 5.75. The normalized spacial score (nSPS) is 10.8. The number of rotatable bonds is 9. The molecule has 2 N–H and O–H groups in total. The van der Waals surface area contributed by atoms with Gasteiger partial charge < -0.3 is 29.6 Å². The van der Waals surface area contributed by atoms with E-state index < -0.39 is 6.61 Å². The van der Waals surface area contributed by atoms with Crippen LogP contribution in [0, 0.1) is 0 Å². The van der Waals surface area contributed by atoms with E-state index in [1.54, 1.807) is 38.5 Å². The summed E-state index contributed by atoms with van der Waals surface area (Å²) in [5.74, 6) is 1.91. The summed E-state index contributed by atoms with van der Waals surface area (Å²) in [4.78, 5) is 4.49. The van der Waals surface area contributed by atoms with Crippen molar-refractivity contribution in [3.63, 3.8) is 0 Å². The molecule has 0 aliphatic rings. The second-order valence-electron chi connectivity index (χ2n) is 5.75. The molecule has 0 aliphatic heterocycles. The van der Waals surface area contributed by atoms with Gasteiger partial charge in [-0.1, -0.05) is 6.07 Å². The predicted octanol–water partition coefficient (Wildman–Crippen LogP) is 4.51. The molecule has 0 heterocycles. The van der Waals surface area contributed by atoms with E-state index in [1.165, 1.54) is 13.2 Å². The van der Waals surface area contributed by atoms with Gasteiger partial charge in [-0.3, -0.25) is 0 Å². The first-order valence-corrected chi connectivity index (χ1v) is 8.89. The molecule has 0 atom stereocenters. The monoisotopic (exact) mass is 537 g/mol. The molecule has 0 fully saturated rings. The Morgan fingerprint density at radius 3 is 2.17 bits per heavy atom. The van der Waals surface area contributed by atoms with Crippen molar-refractivity contribution in [1.82, 2.24) is 5.32 Å². The lowest BCUT2D eigenvalue weighted by Gasteiger charge is -2.14. The van der Waals surface area contributed by atoms with Crippen LogP contribution in [0.25, 0.3) is 0 Å². The highest BCUT2D eigenvalue weighted by atomic mass is 127. The van der Waals surface area contributed by atoms with Crippen molar-refractivity contribution >= 4 is 35.6 Å². The molecular weight excluding hydrogens is 511 g/mol. The van der Waals surface area contributed by atoms with Crippen LogP contribution in [0.5, 0.6) is 23.0 Å². The van der Waals surface area contributed by atoms with E-state index in [9.17, 15) is 8.78 Å². The fourth-order valence-corrected chi connectivity index (χ4v) is 2.54. The number of hydrogen-bond acceptors (Lipinski definition) is 5. The molecule has 2 rings (SSSR count). The average molecular weight is 537 g/mol. The summed E-state index contributed by atoms with van der Waals surface area (Å²) < 4.78 is 45.3. The minimum absolute atomic E-state index is 0. The first-order valence-electron chi connectivity index (χ1n) is 8.89. The summed E-state index contributed by atoms with van der Waals surface area (Å²) in [5.41, 5.74) is 1.43. The maximum atomic E-state index is 12.6. The Kier molecular flexibility index (Phi) is 11.0. The second kappa shape index (κ2) is 12.9. The van der Waals surface area contributed by atoms with Gasteiger partial charge in [0, 0.05) is 18.3 Å². The van der Waals surface area contributed by atoms with Gasteiger partial charge in [0.05, 0.1) is 27.9 Å². The van der Waals surface area contributed by atoms with E-state index in [0.717, 1.165) is 5.69 Å². The third kappa shape index (κ3) is 7.39. The fraction of sp³-hybridized carbons (Fsp3) is 0.350. The van der Waals surface area contributed by atoms with Crippen molar-refractivity contribution in [2.45, 2.75) is 20.1 Å². The Bertz CT molecular complexity index is 838. The highest BCUT2D eigenvalue weighted by Crippen LogP contribution is 2.31. The van der Waals surface area contributed by atoms with Gasteiger partial charge in [-0.25, -0.2) is 4.99 Å². The van der Waals surface area contributed by atoms with Crippen molar-refractivity contribution in [1.29, 1.82) is 0 Å². The van der Waals surface area contributed by atoms with Gasteiger partial charge >= 0.3 is 6.61 Å². The zero-order valence-corrected chi connectivity index (χ0v) is 19.5. The molecule has 30 heavy (non-hydrogen) atoms. The van der Waals surface area contributed by atoms with Crippen LogP contribution in [0.1, 0.15) is 12.5 Å². The molecule has 7 nitrogen and oxygen atoms in total. The molecule has 2 aromatic rings. The van der Waals surface area contributed by atoms with Gasteiger partial charge in [0.1, 0.15) is 0 Å². The molecule has 2 aromatic carbocycles. The molecule has 0 saturated carbocycles. The van der Waals surface area contributed by atoms with Crippen LogP contribution >= 0.6 is 24.0 Å². The number of benzene rings is 2. The van der Waals surface area contributed by atoms with Gasteiger partial charge in [-0.2, -0.15) is 8.78 Å². The molecule has 0 unspecified atom stereocenters. The zero-order chi connectivity index (χ0) is 21.2. The summed E-state index contributed by atoms with van der Waals surface area (Å²) in [6.07, 6.45) is 0. The molecule has 0 aliphatic carbocycles. The molecule has 10 heteroatoms. The van der Waals surface area contributed by atoms with E-state index >= 15 is 0 Å². The SMILES string of the molecule is CCNC(=NCc1ccc(OC)c(OC(F)F)c1)Nc1ccc(OC)c(OC)c1.I. The average Bonchev–Trinajstić information content (AvgIpc) is 2.71. The van der Waals surface area contributed by atoms with Gasteiger partial charge in [-0.05, 0) is 36.8 Å². The first kappa shape index (κ1) is 25.5. The van der Waals surface area contributed by atoms with Crippen molar-refractivity contribution < 1.29 is 27.7 Å². The Hall–Kier alpha value is -2.50. The van der Waals surface area contributed by atoms with Gasteiger partial charge in [0.25, 0.3) is 0 Å². The highest BCUT2D eigenvalue weighted by Gasteiger charge is 2.11. The summed E-state index contributed by atoms with van der Waals surface area (Å²) in [5, 5.41) is 6.30. The number of aliphatic imine (C=N–C) groups is 1. The number of ether oxygens (including phenoxy) is 4. The molecule has 0 saturated heterocycles. The van der Waals surface area contributed by atoms with Gasteiger partial charge in [0.2, 0.25) is 0 Å². The van der Waals surface area contributed by atoms with Crippen molar-refractivity contribution in [2.24, 2.45) is 4.99 Å². The van der Waals surface area contributed by atoms with E-state index in [1.807, 2.05) is 13.0 Å². The Labute approximate surface area is 191 Å². The minimum atomic E-state index is -2.94. The number of alkyl halides is 2. The number of methoxy groups -OCH3 is 3. The molecular formula is C20H26F2IN3O4. The van der Waals surface area contributed by atoms with Crippen LogP contribution in [0.3, 0.4) is 0 Å². The fourth-order valence-electron chi connectivity index (χ4n) is 2.54. The van der Waals surface area contributed by atoms with Gasteiger partial charge in [0.15, 0.2) is 29.0 Å². The summed E-state index contributed by atoms with van der Waals surface area (Å²) >= 11 is 0. The lowest BCUT2D eigenvalue weighted by molar-refractivity contribution is -0.0512. The maximum Gasteiger partial charge on any atom is 0.387 e. The lowest BCUT2D eigenvalue weighted by atomic mass is 10.2. The van der Waals surface area contributed by atoms with Crippen LogP contribution in [0.4, 0.5) is 14.5 Å². The number of hydrogen-bond donors (Lipinski definition) is 2. The van der Waals surface area contributed by atoms with Crippen LogP contribution in [0.15, 0.2) is 41.4 Å². The Morgan fingerprint density at radius 1 is 0.933 bits per heavy atom. The first-order chi connectivity index (χ1) is 14.0. The van der Waals surface area contributed by atoms with E-state index in [2.05, 4.69) is 20.4 Å². The van der Waals surface area contributed by atoms with Crippen molar-refractivity contribution in [2.75, 3.05) is 33.2 Å². The number of guanidine groups is 1. The largest absolute Gasteiger partial charge is 0.493 e. The quantitative estimate of drug-likeness (QED) is 0.279. The van der Waals surface area contributed by atoms with Crippen molar-refractivity contribution in [3.8, 4) is 23.0 Å². The van der Waals surface area contributed by atoms with Crippen LogP contribution < -0.4 is 29.6 Å². The van der Waals surface area contributed by atoms with E-state index in [0.29, 0.717) is 29.6 Å². The van der Waals surface area contributed by atoms with Crippen molar-refractivity contribution in [3.05, 3.63) is 42.0 Å². The summed E-state index contributed by atoms with van der Waals surface area (Å²) in [6, 6.07) is 10.2. The Morgan fingerprint density at radius 2 is 1.57 bits per heavy atom. The topological polar surface area (TPSA) is 73.3 Å². The lowest BCUT2D eigenvalue weighted by Crippen LogP contribution is -2.30. The third-order valence-electron chi connectivity index (χ3n) is 3.85. The van der Waals surface area contributed by atoms with E-state index in [-0.39, 0.29) is 42.0 Å². The highest BCUT2D eigenvalue weighted by molar-refractivity contribution is 14.0. The molecule has 0 amide bonds. The molecule has 0 bridgehead atoms.